The molecule has 1 aromatic rings. The van der Waals surface area contributed by atoms with Gasteiger partial charge < -0.3 is 4.90 Å². The maximum Gasteiger partial charge on any atom is 0.123 e. The van der Waals surface area contributed by atoms with Crippen LogP contribution in [0.4, 0.5) is 10.1 Å². The van der Waals surface area contributed by atoms with Gasteiger partial charge in [-0.15, -0.1) is 0 Å². The van der Waals surface area contributed by atoms with Crippen molar-refractivity contribution in [2.45, 2.75) is 19.0 Å². The van der Waals surface area contributed by atoms with Crippen molar-refractivity contribution in [1.82, 2.24) is 5.32 Å². The number of nitrogens with one attached hydrogen (secondary N) is 1. The van der Waals surface area contributed by atoms with Crippen LogP contribution in [-0.4, -0.2) is 19.8 Å². The first-order chi connectivity index (χ1) is 6.77. The molecule has 1 heterocycles. The van der Waals surface area contributed by atoms with Crippen molar-refractivity contribution in [2.24, 2.45) is 0 Å². The zero-order chi connectivity index (χ0) is 9.97. The highest BCUT2D eigenvalue weighted by Gasteiger charge is 2.18. The van der Waals surface area contributed by atoms with Gasteiger partial charge in [0, 0.05) is 12.7 Å². The molecular weight excluding hydrogens is 179 g/mol. The van der Waals surface area contributed by atoms with Crippen molar-refractivity contribution in [3.63, 3.8) is 0 Å². The first-order valence-electron chi connectivity index (χ1n) is 4.99. The molecule has 1 fully saturated rings. The third-order valence-electron chi connectivity index (χ3n) is 2.74. The normalized spacial score (nSPS) is 21.1. The summed E-state index contributed by atoms with van der Waals surface area (Å²) in [7, 11) is 2.04. The highest BCUT2D eigenvalue weighted by molar-refractivity contribution is 5.46. The van der Waals surface area contributed by atoms with E-state index in [0.717, 1.165) is 18.7 Å². The summed E-state index contributed by atoms with van der Waals surface area (Å²) >= 11 is 0. The van der Waals surface area contributed by atoms with Crippen molar-refractivity contribution in [3.05, 3.63) is 30.1 Å². The zero-order valence-electron chi connectivity index (χ0n) is 8.33. The Bertz CT molecular complexity index is 291. The standard InChI is InChI=1S/C11H15FN2/c1-14(11-3-2-8-13-11)10-6-4-9(12)5-7-10/h4-7,11,13H,2-3,8H2,1H3. The lowest BCUT2D eigenvalue weighted by atomic mass is 10.2. The van der Waals surface area contributed by atoms with Crippen LogP contribution < -0.4 is 10.2 Å². The van der Waals surface area contributed by atoms with Gasteiger partial charge in [-0.2, -0.15) is 0 Å². The minimum absolute atomic E-state index is 0.179. The second-order valence-corrected chi connectivity index (χ2v) is 3.70. The van der Waals surface area contributed by atoms with E-state index in [4.69, 9.17) is 0 Å². The van der Waals surface area contributed by atoms with E-state index in [1.165, 1.54) is 18.6 Å². The van der Waals surface area contributed by atoms with E-state index in [0.29, 0.717) is 6.17 Å². The monoisotopic (exact) mass is 194 g/mol. The third kappa shape index (κ3) is 1.87. The second kappa shape index (κ2) is 3.96. The number of hydrogen-bond donors (Lipinski definition) is 1. The van der Waals surface area contributed by atoms with E-state index in [1.807, 2.05) is 19.2 Å². The summed E-state index contributed by atoms with van der Waals surface area (Å²) in [5.41, 5.74) is 1.06. The Balaban J connectivity index is 2.09. The van der Waals surface area contributed by atoms with Crippen LogP contribution in [0.3, 0.4) is 0 Å². The molecule has 0 bridgehead atoms. The van der Waals surface area contributed by atoms with Gasteiger partial charge in [-0.25, -0.2) is 4.39 Å². The van der Waals surface area contributed by atoms with Crippen LogP contribution in [0, 0.1) is 5.82 Å². The molecule has 2 nitrogen and oxygen atoms in total. The largest absolute Gasteiger partial charge is 0.359 e. The van der Waals surface area contributed by atoms with Crippen LogP contribution in [0.2, 0.25) is 0 Å². The van der Waals surface area contributed by atoms with Crippen LogP contribution in [0.25, 0.3) is 0 Å². The zero-order valence-corrected chi connectivity index (χ0v) is 8.33. The summed E-state index contributed by atoms with van der Waals surface area (Å²) < 4.78 is 12.7. The average molecular weight is 194 g/mol. The number of nitrogens with zero attached hydrogens (tertiary/aromatic N) is 1. The first-order valence-corrected chi connectivity index (χ1v) is 4.99. The first kappa shape index (κ1) is 9.46. The van der Waals surface area contributed by atoms with Gasteiger partial charge in [0.1, 0.15) is 5.82 Å². The predicted molar refractivity (Wildman–Crippen MR) is 55.8 cm³/mol. The van der Waals surface area contributed by atoms with Crippen LogP contribution in [0.5, 0.6) is 0 Å². The Hall–Kier alpha value is -1.09. The van der Waals surface area contributed by atoms with E-state index < -0.39 is 0 Å². The number of hydrogen-bond acceptors (Lipinski definition) is 2. The Kier molecular flexibility index (Phi) is 2.68. The lowest BCUT2D eigenvalue weighted by molar-refractivity contribution is 0.592. The van der Waals surface area contributed by atoms with Gasteiger partial charge in [0.15, 0.2) is 0 Å². The molecule has 0 amide bonds. The minimum atomic E-state index is -0.179. The molecule has 1 atom stereocenters. The maximum absolute atomic E-state index is 12.7. The molecular formula is C11H15FN2. The van der Waals surface area contributed by atoms with Gasteiger partial charge in [0.2, 0.25) is 0 Å². The summed E-state index contributed by atoms with van der Waals surface area (Å²) in [6.45, 7) is 1.08. The summed E-state index contributed by atoms with van der Waals surface area (Å²) in [5, 5.41) is 3.40. The third-order valence-corrected chi connectivity index (χ3v) is 2.74. The highest BCUT2D eigenvalue weighted by Crippen LogP contribution is 2.18. The molecule has 1 aliphatic heterocycles. The molecule has 0 spiro atoms. The molecule has 0 aromatic heterocycles. The van der Waals surface area contributed by atoms with Crippen molar-refractivity contribution in [3.8, 4) is 0 Å². The number of anilines is 1. The van der Waals surface area contributed by atoms with Gasteiger partial charge >= 0.3 is 0 Å². The van der Waals surface area contributed by atoms with Crippen LogP contribution in [-0.2, 0) is 0 Å². The van der Waals surface area contributed by atoms with Gasteiger partial charge in [-0.1, -0.05) is 0 Å². The molecule has 0 aliphatic carbocycles. The fourth-order valence-electron chi connectivity index (χ4n) is 1.85. The molecule has 14 heavy (non-hydrogen) atoms. The SMILES string of the molecule is CN(c1ccc(F)cc1)C1CCCN1. The van der Waals surface area contributed by atoms with Crippen molar-refractivity contribution < 1.29 is 4.39 Å². The van der Waals surface area contributed by atoms with Gasteiger partial charge in [0.05, 0.1) is 6.17 Å². The molecule has 1 aromatic carbocycles. The Morgan fingerprint density at radius 2 is 2.07 bits per heavy atom. The van der Waals surface area contributed by atoms with Gasteiger partial charge in [-0.05, 0) is 43.7 Å². The molecule has 1 aliphatic rings. The quantitative estimate of drug-likeness (QED) is 0.774. The molecule has 0 saturated carbocycles. The van der Waals surface area contributed by atoms with E-state index in [1.54, 1.807) is 0 Å². The van der Waals surface area contributed by atoms with E-state index in [-0.39, 0.29) is 5.82 Å². The van der Waals surface area contributed by atoms with E-state index >= 15 is 0 Å². The fraction of sp³-hybridized carbons (Fsp3) is 0.455. The van der Waals surface area contributed by atoms with Crippen LogP contribution in [0.15, 0.2) is 24.3 Å². The molecule has 2 rings (SSSR count). The van der Waals surface area contributed by atoms with Crippen molar-refractivity contribution in [1.29, 1.82) is 0 Å². The molecule has 3 heteroatoms. The molecule has 0 radical (unpaired) electrons. The Morgan fingerprint density at radius 3 is 2.64 bits per heavy atom. The fourth-order valence-corrected chi connectivity index (χ4v) is 1.85. The smallest absolute Gasteiger partial charge is 0.123 e. The van der Waals surface area contributed by atoms with Crippen molar-refractivity contribution in [2.75, 3.05) is 18.5 Å². The van der Waals surface area contributed by atoms with Gasteiger partial charge in [0.25, 0.3) is 0 Å². The summed E-state index contributed by atoms with van der Waals surface area (Å²) in [6, 6.07) is 6.63. The summed E-state index contributed by atoms with van der Waals surface area (Å²) in [6.07, 6.45) is 2.78. The van der Waals surface area contributed by atoms with Crippen LogP contribution in [0.1, 0.15) is 12.8 Å². The molecule has 76 valence electrons. The molecule has 1 unspecified atom stereocenters. The second-order valence-electron chi connectivity index (χ2n) is 3.70. The highest BCUT2D eigenvalue weighted by atomic mass is 19.1. The molecule has 1 N–H and O–H groups in total. The lowest BCUT2D eigenvalue weighted by Gasteiger charge is -2.26. The molecule has 1 saturated heterocycles. The lowest BCUT2D eigenvalue weighted by Crippen LogP contribution is -2.39. The van der Waals surface area contributed by atoms with E-state index in [9.17, 15) is 4.39 Å². The number of rotatable bonds is 2. The average Bonchev–Trinajstić information content (AvgIpc) is 2.71. The number of halogens is 1. The van der Waals surface area contributed by atoms with E-state index in [2.05, 4.69) is 10.2 Å². The Morgan fingerprint density at radius 1 is 1.36 bits per heavy atom. The minimum Gasteiger partial charge on any atom is -0.359 e. The predicted octanol–water partition coefficient (Wildman–Crippen LogP) is 1.97. The summed E-state index contributed by atoms with van der Waals surface area (Å²) in [5.74, 6) is -0.179. The topological polar surface area (TPSA) is 15.3 Å². The van der Waals surface area contributed by atoms with Crippen molar-refractivity contribution >= 4 is 5.69 Å². The Labute approximate surface area is 83.7 Å². The maximum atomic E-state index is 12.7. The van der Waals surface area contributed by atoms with Gasteiger partial charge in [-0.3, -0.25) is 5.32 Å². The summed E-state index contributed by atoms with van der Waals surface area (Å²) in [4.78, 5) is 2.16. The number of benzene rings is 1. The van der Waals surface area contributed by atoms with Crippen LogP contribution >= 0.6 is 0 Å².